The van der Waals surface area contributed by atoms with Crippen molar-refractivity contribution in [2.24, 2.45) is 0 Å². The molecule has 3 rings (SSSR count). The number of benzene rings is 1. The predicted molar refractivity (Wildman–Crippen MR) is 80.3 cm³/mol. The van der Waals surface area contributed by atoms with Crippen LogP contribution in [-0.2, 0) is 4.79 Å². The van der Waals surface area contributed by atoms with E-state index < -0.39 is 12.1 Å². The van der Waals surface area contributed by atoms with Crippen molar-refractivity contribution >= 4 is 5.97 Å². The highest BCUT2D eigenvalue weighted by atomic mass is 19.4. The molecule has 2 N–H and O–H groups in total. The Labute approximate surface area is 137 Å². The van der Waals surface area contributed by atoms with Crippen LogP contribution in [0.5, 0.6) is 11.5 Å². The van der Waals surface area contributed by atoms with Crippen molar-refractivity contribution in [1.29, 1.82) is 0 Å². The van der Waals surface area contributed by atoms with Gasteiger partial charge in [0, 0.05) is 12.1 Å². The lowest BCUT2D eigenvalue weighted by Crippen LogP contribution is -2.42. The van der Waals surface area contributed by atoms with Crippen molar-refractivity contribution < 1.29 is 32.5 Å². The number of nitrogens with one attached hydrogen (secondary N) is 1. The van der Waals surface area contributed by atoms with Gasteiger partial charge in [-0.15, -0.1) is 0 Å². The minimum absolute atomic E-state index is 0.377. The number of carboxylic acids is 1. The van der Waals surface area contributed by atoms with Crippen LogP contribution < -0.4 is 14.8 Å². The first-order valence-corrected chi connectivity index (χ1v) is 7.65. The molecule has 0 aromatic heterocycles. The number of carboxylic acid groups (broad SMARTS) is 1. The topological polar surface area (TPSA) is 67.8 Å². The Kier molecular flexibility index (Phi) is 5.93. The number of alkyl halides is 3. The maximum Gasteiger partial charge on any atom is 0.490 e. The van der Waals surface area contributed by atoms with Crippen molar-refractivity contribution in [2.75, 3.05) is 7.11 Å². The maximum atomic E-state index is 10.6. The van der Waals surface area contributed by atoms with Gasteiger partial charge in [0.05, 0.1) is 7.11 Å². The van der Waals surface area contributed by atoms with Crippen molar-refractivity contribution in [3.05, 3.63) is 24.3 Å². The average molecular weight is 347 g/mol. The lowest BCUT2D eigenvalue weighted by Gasteiger charge is -2.29. The molecule has 0 saturated carbocycles. The van der Waals surface area contributed by atoms with Gasteiger partial charge in [0.25, 0.3) is 0 Å². The van der Waals surface area contributed by atoms with E-state index in [0.29, 0.717) is 18.2 Å². The number of carbonyl (C=O) groups is 1. The summed E-state index contributed by atoms with van der Waals surface area (Å²) in [6, 6.07) is 9.23. The molecule has 2 fully saturated rings. The lowest BCUT2D eigenvalue weighted by atomic mass is 10.0. The van der Waals surface area contributed by atoms with Crippen LogP contribution in [0.4, 0.5) is 13.2 Å². The molecule has 1 unspecified atom stereocenters. The van der Waals surface area contributed by atoms with E-state index in [4.69, 9.17) is 19.4 Å². The van der Waals surface area contributed by atoms with Gasteiger partial charge in [-0.05, 0) is 49.9 Å². The highest BCUT2D eigenvalue weighted by Crippen LogP contribution is 2.30. The summed E-state index contributed by atoms with van der Waals surface area (Å²) in [4.78, 5) is 8.90. The zero-order valence-electron chi connectivity index (χ0n) is 13.2. The molecule has 5 nitrogen and oxygen atoms in total. The Morgan fingerprint density at radius 2 is 1.58 bits per heavy atom. The lowest BCUT2D eigenvalue weighted by molar-refractivity contribution is -0.192. The largest absolute Gasteiger partial charge is 0.497 e. The highest BCUT2D eigenvalue weighted by molar-refractivity contribution is 5.73. The normalized spacial score (nSPS) is 25.4. The molecule has 8 heteroatoms. The zero-order chi connectivity index (χ0) is 17.7. The summed E-state index contributed by atoms with van der Waals surface area (Å²) >= 11 is 0. The number of hydrogen-bond acceptors (Lipinski definition) is 4. The molecule has 2 aliphatic rings. The quantitative estimate of drug-likeness (QED) is 0.880. The Morgan fingerprint density at radius 3 is 2.00 bits per heavy atom. The van der Waals surface area contributed by atoms with Crippen LogP contribution in [0.1, 0.15) is 25.7 Å². The highest BCUT2D eigenvalue weighted by Gasteiger charge is 2.38. The Morgan fingerprint density at radius 1 is 1.12 bits per heavy atom. The summed E-state index contributed by atoms with van der Waals surface area (Å²) in [5, 5.41) is 10.7. The predicted octanol–water partition coefficient (Wildman–Crippen LogP) is 2.99. The molecule has 1 aromatic rings. The number of hydrogen-bond donors (Lipinski definition) is 2. The number of rotatable bonds is 3. The summed E-state index contributed by atoms with van der Waals surface area (Å²) < 4.78 is 42.9. The minimum Gasteiger partial charge on any atom is -0.497 e. The third-order valence-electron chi connectivity index (χ3n) is 4.03. The monoisotopic (exact) mass is 347 g/mol. The number of methoxy groups -OCH3 is 1. The molecule has 24 heavy (non-hydrogen) atoms. The van der Waals surface area contributed by atoms with Gasteiger partial charge >= 0.3 is 12.1 Å². The molecule has 2 bridgehead atoms. The molecule has 134 valence electrons. The van der Waals surface area contributed by atoms with Crippen LogP contribution in [0.2, 0.25) is 0 Å². The van der Waals surface area contributed by atoms with Crippen LogP contribution in [-0.4, -0.2) is 42.5 Å². The molecular weight excluding hydrogens is 327 g/mol. The third kappa shape index (κ3) is 5.30. The van der Waals surface area contributed by atoms with Gasteiger partial charge < -0.3 is 19.9 Å². The smallest absolute Gasteiger partial charge is 0.490 e. The van der Waals surface area contributed by atoms with E-state index >= 15 is 0 Å². The van der Waals surface area contributed by atoms with Crippen LogP contribution in [0, 0.1) is 0 Å². The zero-order valence-corrected chi connectivity index (χ0v) is 13.2. The van der Waals surface area contributed by atoms with E-state index in [1.807, 2.05) is 24.3 Å². The summed E-state index contributed by atoms with van der Waals surface area (Å²) in [6.07, 6.45) is 0.202. The number of ether oxygens (including phenoxy) is 2. The molecule has 2 saturated heterocycles. The molecule has 2 heterocycles. The number of piperidine rings is 1. The maximum absolute atomic E-state index is 10.6. The Bertz CT molecular complexity index is 535. The van der Waals surface area contributed by atoms with Crippen LogP contribution in [0.15, 0.2) is 24.3 Å². The number of halogens is 3. The molecule has 0 aliphatic carbocycles. The average Bonchev–Trinajstić information content (AvgIpc) is 2.86. The Hall–Kier alpha value is -1.96. The van der Waals surface area contributed by atoms with Crippen LogP contribution in [0.3, 0.4) is 0 Å². The van der Waals surface area contributed by atoms with Gasteiger partial charge in [-0.2, -0.15) is 13.2 Å². The first-order valence-electron chi connectivity index (χ1n) is 7.65. The summed E-state index contributed by atoms with van der Waals surface area (Å²) in [7, 11) is 1.68. The molecule has 2 aliphatic heterocycles. The first kappa shape index (κ1) is 18.4. The second-order valence-electron chi connectivity index (χ2n) is 5.83. The van der Waals surface area contributed by atoms with Crippen LogP contribution >= 0.6 is 0 Å². The standard InChI is InChI=1S/C14H19NO2.C2HF3O2/c1-16-12-4-6-13(7-5-12)17-14-8-10-2-3-11(9-14)15-10;3-2(4,5)1(6)7/h4-7,10-11,14-15H,2-3,8-9H2,1H3;(H,6,7)/t10-,11+,14?;. The Balaban J connectivity index is 0.000000256. The summed E-state index contributed by atoms with van der Waals surface area (Å²) in [6.45, 7) is 0. The van der Waals surface area contributed by atoms with E-state index in [-0.39, 0.29) is 0 Å². The van der Waals surface area contributed by atoms with Crippen LogP contribution in [0.25, 0.3) is 0 Å². The third-order valence-corrected chi connectivity index (χ3v) is 4.03. The van der Waals surface area contributed by atoms with E-state index in [0.717, 1.165) is 24.3 Å². The van der Waals surface area contributed by atoms with Crippen molar-refractivity contribution in [1.82, 2.24) is 5.32 Å². The molecule has 0 spiro atoms. The van der Waals surface area contributed by atoms with Gasteiger partial charge in [0.15, 0.2) is 0 Å². The van der Waals surface area contributed by atoms with E-state index in [1.165, 1.54) is 12.8 Å². The molecule has 3 atom stereocenters. The molecule has 0 radical (unpaired) electrons. The minimum atomic E-state index is -5.08. The van der Waals surface area contributed by atoms with Gasteiger partial charge in [-0.3, -0.25) is 0 Å². The van der Waals surface area contributed by atoms with E-state index in [1.54, 1.807) is 7.11 Å². The fraction of sp³-hybridized carbons (Fsp3) is 0.562. The fourth-order valence-electron chi connectivity index (χ4n) is 2.95. The van der Waals surface area contributed by atoms with E-state index in [2.05, 4.69) is 5.32 Å². The second kappa shape index (κ2) is 7.74. The molecule has 0 amide bonds. The summed E-state index contributed by atoms with van der Waals surface area (Å²) in [5.74, 6) is -0.924. The van der Waals surface area contributed by atoms with E-state index in [9.17, 15) is 13.2 Å². The van der Waals surface area contributed by atoms with Crippen molar-refractivity contribution in [3.63, 3.8) is 0 Å². The fourth-order valence-corrected chi connectivity index (χ4v) is 2.95. The SMILES string of the molecule is COc1ccc(OC2C[C@H]3CC[C@@H](C2)N3)cc1.O=C(O)C(F)(F)F. The van der Waals surface area contributed by atoms with Crippen molar-refractivity contribution in [2.45, 2.75) is 50.0 Å². The van der Waals surface area contributed by atoms with Gasteiger partial charge in [0.2, 0.25) is 0 Å². The van der Waals surface area contributed by atoms with Gasteiger partial charge in [-0.1, -0.05) is 0 Å². The molecular formula is C16H20F3NO4. The van der Waals surface area contributed by atoms with Gasteiger partial charge in [-0.25, -0.2) is 4.79 Å². The first-order chi connectivity index (χ1) is 11.3. The van der Waals surface area contributed by atoms with Crippen molar-refractivity contribution in [3.8, 4) is 11.5 Å². The number of aliphatic carboxylic acids is 1. The van der Waals surface area contributed by atoms with Gasteiger partial charge in [0.1, 0.15) is 17.6 Å². The second-order valence-corrected chi connectivity index (χ2v) is 5.83. The summed E-state index contributed by atoms with van der Waals surface area (Å²) in [5.41, 5.74) is 0. The molecule has 1 aromatic carbocycles. The number of fused-ring (bicyclic) bond motifs is 2.